The summed E-state index contributed by atoms with van der Waals surface area (Å²) in [6.07, 6.45) is -0.467. The molecule has 0 radical (unpaired) electrons. The number of hydrogen-bond donors (Lipinski definition) is 4. The third kappa shape index (κ3) is 12.6. The van der Waals surface area contributed by atoms with Crippen LogP contribution in [0.1, 0.15) is 98.7 Å². The number of nitrogens with two attached hydrogens (primary N) is 1. The van der Waals surface area contributed by atoms with Crippen LogP contribution < -0.4 is 25.8 Å². The number of carbonyl (C=O) groups excluding carboxylic acids is 4. The molecular formula is C50H61N5O11S. The highest BCUT2D eigenvalue weighted by atomic mass is 32.2. The number of carbonyl (C=O) groups is 4. The molecule has 16 nitrogen and oxygen atoms in total. The van der Waals surface area contributed by atoms with Crippen LogP contribution in [0.15, 0.2) is 88.8 Å². The molecule has 0 spiro atoms. The fourth-order valence-corrected chi connectivity index (χ4v) is 9.74. The fraction of sp³-hybridized carbons (Fsp3) is 0.420. The predicted molar refractivity (Wildman–Crippen MR) is 252 cm³/mol. The van der Waals surface area contributed by atoms with Gasteiger partial charge in [-0.1, -0.05) is 78.9 Å². The first-order valence-electron chi connectivity index (χ1n) is 22.3. The van der Waals surface area contributed by atoms with Crippen LogP contribution in [-0.4, -0.2) is 81.5 Å². The lowest BCUT2D eigenvalue weighted by atomic mass is 9.88. The molecule has 2 atom stereocenters. The van der Waals surface area contributed by atoms with E-state index < -0.39 is 58.4 Å². The second-order valence-corrected chi connectivity index (χ2v) is 20.0. The first-order valence-corrected chi connectivity index (χ1v) is 23.7. The molecule has 2 amide bonds. The zero-order valence-corrected chi connectivity index (χ0v) is 40.1. The number of aliphatic imine (C=N–C) groups is 1. The molecule has 0 saturated carbocycles. The number of guanidine groups is 1. The molecule has 5 N–H and O–H groups in total. The number of rotatable bonds is 16. The average molecular weight is 940 g/mol. The average Bonchev–Trinajstić information content (AvgIpc) is 3.58. The number of ether oxygens (including phenoxy) is 5. The van der Waals surface area contributed by atoms with Crippen LogP contribution in [0.3, 0.4) is 0 Å². The SMILES string of the molecule is Cc1c(C)c(S(=O)(=O)NC(N)=NCCC[C@@H](NC(=O)OCC2c3ccccc3-c3ccccc32)C(=O)OC[C@H](NC(=O)OC(C)(C)C)C(=O)OCc2ccccc2)c(C)c2c1OC(C)(C)CC2. The summed E-state index contributed by atoms with van der Waals surface area (Å²) in [5, 5.41) is 5.01. The zero-order chi connectivity index (χ0) is 48.7. The Bertz CT molecular complexity index is 2580. The Kier molecular flexibility index (Phi) is 15.5. The lowest BCUT2D eigenvalue weighted by Crippen LogP contribution is -2.49. The van der Waals surface area contributed by atoms with Gasteiger partial charge in [0.2, 0.25) is 5.96 Å². The van der Waals surface area contributed by atoms with E-state index in [0.717, 1.165) is 39.8 Å². The van der Waals surface area contributed by atoms with Crippen molar-refractivity contribution < 1.29 is 51.3 Å². The second-order valence-electron chi connectivity index (χ2n) is 18.3. The van der Waals surface area contributed by atoms with Gasteiger partial charge < -0.3 is 40.1 Å². The lowest BCUT2D eigenvalue weighted by Gasteiger charge is -2.35. The van der Waals surface area contributed by atoms with Gasteiger partial charge >= 0.3 is 24.1 Å². The van der Waals surface area contributed by atoms with Crippen molar-refractivity contribution in [1.82, 2.24) is 15.4 Å². The molecule has 67 heavy (non-hydrogen) atoms. The summed E-state index contributed by atoms with van der Waals surface area (Å²) >= 11 is 0. The summed E-state index contributed by atoms with van der Waals surface area (Å²) in [7, 11) is -4.19. The minimum atomic E-state index is -4.19. The Hall–Kier alpha value is -6.62. The third-order valence-corrected chi connectivity index (χ3v) is 13.2. The van der Waals surface area contributed by atoms with E-state index in [9.17, 15) is 27.6 Å². The normalized spacial score (nSPS) is 15.1. The van der Waals surface area contributed by atoms with Crippen molar-refractivity contribution in [3.8, 4) is 16.9 Å². The molecule has 1 aliphatic carbocycles. The van der Waals surface area contributed by atoms with Crippen LogP contribution in [0, 0.1) is 20.8 Å². The minimum absolute atomic E-state index is 0.0363. The maximum atomic E-state index is 13.8. The number of nitrogens with one attached hydrogen (secondary N) is 3. The van der Waals surface area contributed by atoms with E-state index in [1.165, 1.54) is 0 Å². The topological polar surface area (TPSA) is 223 Å². The summed E-state index contributed by atoms with van der Waals surface area (Å²) in [5.74, 6) is -1.79. The number of esters is 2. The maximum Gasteiger partial charge on any atom is 0.408 e. The standard InChI is InChI=1S/C50H61N5O11S/c1-30-31(2)43(32(3)34-24-25-50(7,8)65-42(30)34)67(60,61)55-46(51)52-26-16-23-40(53-47(58)64-28-39-37-21-14-12-19-35(37)36-20-13-15-22-38(36)39)44(56)63-29-41(54-48(59)66-49(4,5)6)45(57)62-27-33-17-10-9-11-18-33/h9-15,17-22,39-41H,16,23-29H2,1-8H3,(H,53,58)(H,54,59)(H3,51,52,55)/t40-,41+/m1/s1. The summed E-state index contributed by atoms with van der Waals surface area (Å²) in [4.78, 5) is 57.8. The van der Waals surface area contributed by atoms with Crippen molar-refractivity contribution in [2.45, 2.75) is 122 Å². The van der Waals surface area contributed by atoms with Gasteiger partial charge in [0.1, 0.15) is 42.8 Å². The van der Waals surface area contributed by atoms with Crippen LogP contribution in [0.25, 0.3) is 11.1 Å². The van der Waals surface area contributed by atoms with E-state index in [2.05, 4.69) is 20.3 Å². The molecule has 17 heteroatoms. The van der Waals surface area contributed by atoms with Crippen molar-refractivity contribution in [2.75, 3.05) is 19.8 Å². The molecular weight excluding hydrogens is 879 g/mol. The van der Waals surface area contributed by atoms with Gasteiger partial charge in [0.25, 0.3) is 10.0 Å². The van der Waals surface area contributed by atoms with Gasteiger partial charge in [-0.05, 0) is 131 Å². The van der Waals surface area contributed by atoms with Gasteiger partial charge in [-0.2, -0.15) is 0 Å². The number of benzene rings is 4. The molecule has 4 aromatic carbocycles. The van der Waals surface area contributed by atoms with Gasteiger partial charge in [0.15, 0.2) is 6.04 Å². The highest BCUT2D eigenvalue weighted by Gasteiger charge is 2.35. The van der Waals surface area contributed by atoms with E-state index in [-0.39, 0.29) is 55.0 Å². The number of hydrogen-bond acceptors (Lipinski definition) is 12. The van der Waals surface area contributed by atoms with Crippen molar-refractivity contribution in [3.05, 3.63) is 118 Å². The molecule has 4 aromatic rings. The van der Waals surface area contributed by atoms with Gasteiger partial charge in [-0.3, -0.25) is 4.99 Å². The van der Waals surface area contributed by atoms with Crippen LogP contribution in [0.5, 0.6) is 5.75 Å². The monoisotopic (exact) mass is 939 g/mol. The molecule has 6 rings (SSSR count). The van der Waals surface area contributed by atoms with Crippen LogP contribution in [0.2, 0.25) is 0 Å². The van der Waals surface area contributed by atoms with Crippen molar-refractivity contribution in [3.63, 3.8) is 0 Å². The summed E-state index contributed by atoms with van der Waals surface area (Å²) in [6.45, 7) is 13.4. The molecule has 0 bridgehead atoms. The maximum absolute atomic E-state index is 13.8. The van der Waals surface area contributed by atoms with Crippen molar-refractivity contribution >= 4 is 40.1 Å². The van der Waals surface area contributed by atoms with E-state index in [1.807, 2.05) is 75.4 Å². The smallest absolute Gasteiger partial charge is 0.408 e. The van der Waals surface area contributed by atoms with Crippen LogP contribution in [0.4, 0.5) is 9.59 Å². The lowest BCUT2D eigenvalue weighted by molar-refractivity contribution is -0.154. The van der Waals surface area contributed by atoms with E-state index >= 15 is 0 Å². The molecule has 1 heterocycles. The molecule has 1 aliphatic heterocycles. The second kappa shape index (κ2) is 20.9. The van der Waals surface area contributed by atoms with Gasteiger partial charge in [0.05, 0.1) is 4.90 Å². The molecule has 0 unspecified atom stereocenters. The molecule has 0 saturated heterocycles. The Balaban J connectivity index is 1.15. The predicted octanol–water partition coefficient (Wildman–Crippen LogP) is 7.18. The number of alkyl carbamates (subject to hydrolysis) is 2. The molecule has 0 aromatic heterocycles. The molecule has 0 fully saturated rings. The summed E-state index contributed by atoms with van der Waals surface area (Å²) in [6, 6.07) is 21.7. The Morgan fingerprint density at radius 2 is 1.40 bits per heavy atom. The van der Waals surface area contributed by atoms with E-state index in [1.54, 1.807) is 58.9 Å². The number of amides is 2. The summed E-state index contributed by atoms with van der Waals surface area (Å²) < 4.78 is 58.4. The number of fused-ring (bicyclic) bond motifs is 4. The Morgan fingerprint density at radius 3 is 2.04 bits per heavy atom. The van der Waals surface area contributed by atoms with E-state index in [4.69, 9.17) is 29.4 Å². The van der Waals surface area contributed by atoms with Gasteiger partial charge in [-0.25, -0.2) is 32.3 Å². The first-order chi connectivity index (χ1) is 31.6. The molecule has 358 valence electrons. The highest BCUT2D eigenvalue weighted by Crippen LogP contribution is 2.45. The van der Waals surface area contributed by atoms with Crippen LogP contribution >= 0.6 is 0 Å². The molecule has 2 aliphatic rings. The first kappa shape index (κ1) is 49.8. The van der Waals surface area contributed by atoms with Crippen molar-refractivity contribution in [2.24, 2.45) is 10.7 Å². The quantitative estimate of drug-likeness (QED) is 0.0289. The zero-order valence-electron chi connectivity index (χ0n) is 39.3. The van der Waals surface area contributed by atoms with Gasteiger partial charge in [-0.15, -0.1) is 0 Å². The highest BCUT2D eigenvalue weighted by molar-refractivity contribution is 7.90. The van der Waals surface area contributed by atoms with Crippen LogP contribution in [-0.2, 0) is 51.6 Å². The van der Waals surface area contributed by atoms with Gasteiger partial charge in [0, 0.05) is 12.5 Å². The summed E-state index contributed by atoms with van der Waals surface area (Å²) in [5.41, 5.74) is 12.3. The third-order valence-electron chi connectivity index (χ3n) is 11.6. The number of nitrogens with zero attached hydrogens (tertiary/aromatic N) is 1. The largest absolute Gasteiger partial charge is 0.487 e. The number of sulfonamides is 1. The Morgan fingerprint density at radius 1 is 0.806 bits per heavy atom. The van der Waals surface area contributed by atoms with E-state index in [0.29, 0.717) is 28.9 Å². The fourth-order valence-electron chi connectivity index (χ4n) is 8.21. The Labute approximate surface area is 392 Å². The minimum Gasteiger partial charge on any atom is -0.487 e. The van der Waals surface area contributed by atoms with Crippen molar-refractivity contribution in [1.29, 1.82) is 0 Å².